The van der Waals surface area contributed by atoms with Crippen LogP contribution in [0.3, 0.4) is 0 Å². The van der Waals surface area contributed by atoms with Gasteiger partial charge >= 0.3 is 6.03 Å². The second-order valence-electron chi connectivity index (χ2n) is 7.12. The second kappa shape index (κ2) is 8.19. The van der Waals surface area contributed by atoms with Gasteiger partial charge < -0.3 is 4.74 Å². The van der Waals surface area contributed by atoms with Gasteiger partial charge in [-0.1, -0.05) is 23.7 Å². The topological polar surface area (TPSA) is 54.3 Å². The van der Waals surface area contributed by atoms with Gasteiger partial charge in [-0.2, -0.15) is 9.98 Å². The molecule has 0 N–H and O–H groups in total. The van der Waals surface area contributed by atoms with Crippen molar-refractivity contribution in [3.8, 4) is 5.75 Å². The van der Waals surface area contributed by atoms with E-state index < -0.39 is 6.03 Å². The molecule has 0 atom stereocenters. The van der Waals surface area contributed by atoms with Gasteiger partial charge in [-0.05, 0) is 68.1 Å². The van der Waals surface area contributed by atoms with Crippen LogP contribution in [0.5, 0.6) is 5.75 Å². The van der Waals surface area contributed by atoms with E-state index in [0.717, 1.165) is 42.7 Å². The Hall–Kier alpha value is -2.24. The van der Waals surface area contributed by atoms with Gasteiger partial charge in [0.2, 0.25) is 0 Å². The maximum absolute atomic E-state index is 11.2. The van der Waals surface area contributed by atoms with Crippen LogP contribution < -0.4 is 15.5 Å². The first kappa shape index (κ1) is 18.1. The Kier molecular flexibility index (Phi) is 5.50. The molecule has 0 saturated carbocycles. The number of benzene rings is 2. The highest BCUT2D eigenvalue weighted by Gasteiger charge is 2.19. The molecule has 2 aliphatic heterocycles. The molecule has 1 fully saturated rings. The Morgan fingerprint density at radius 3 is 2.56 bits per heavy atom. The Bertz CT molecular complexity index is 935. The Balaban J connectivity index is 1.21. The van der Waals surface area contributed by atoms with Gasteiger partial charge in [0.25, 0.3) is 0 Å². The van der Waals surface area contributed by atoms with Crippen molar-refractivity contribution in [2.75, 3.05) is 26.2 Å². The lowest BCUT2D eigenvalue weighted by Crippen LogP contribution is -2.37. The molecule has 0 bridgehead atoms. The number of urea groups is 1. The maximum atomic E-state index is 11.2. The van der Waals surface area contributed by atoms with Gasteiger partial charge in [0.1, 0.15) is 12.4 Å². The van der Waals surface area contributed by atoms with Crippen molar-refractivity contribution in [2.45, 2.75) is 19.3 Å². The molecule has 2 amide bonds. The van der Waals surface area contributed by atoms with E-state index in [1.54, 1.807) is 12.1 Å². The normalized spacial score (nSPS) is 17.3. The van der Waals surface area contributed by atoms with Crippen LogP contribution in [0.25, 0.3) is 0 Å². The summed E-state index contributed by atoms with van der Waals surface area (Å²) in [7, 11) is 0. The van der Waals surface area contributed by atoms with Crippen LogP contribution in [0.1, 0.15) is 18.4 Å². The average Bonchev–Trinajstić information content (AvgIpc) is 3.04. The number of nitrogens with zero attached hydrogens (tertiary/aromatic N) is 3. The first-order chi connectivity index (χ1) is 13.2. The number of hydrogen-bond acceptors (Lipinski definition) is 3. The minimum Gasteiger partial charge on any atom is -0.492 e. The first-order valence-corrected chi connectivity index (χ1v) is 9.74. The number of piperidine rings is 1. The van der Waals surface area contributed by atoms with E-state index in [4.69, 9.17) is 16.3 Å². The van der Waals surface area contributed by atoms with Crippen molar-refractivity contribution in [3.63, 3.8) is 0 Å². The van der Waals surface area contributed by atoms with Crippen LogP contribution in [0.2, 0.25) is 5.02 Å². The van der Waals surface area contributed by atoms with Crippen LogP contribution in [0.15, 0.2) is 52.4 Å². The third-order valence-electron chi connectivity index (χ3n) is 5.20. The van der Waals surface area contributed by atoms with Crippen LogP contribution in [0.4, 0.5) is 4.79 Å². The SMILES string of the molecule is O=C1N=c2ccc(OCCN3CCC(Cc4ccc(Cl)cc4)CC3)cc2=N1. The fourth-order valence-corrected chi connectivity index (χ4v) is 3.79. The molecule has 2 aromatic carbocycles. The lowest BCUT2D eigenvalue weighted by atomic mass is 9.90. The fourth-order valence-electron chi connectivity index (χ4n) is 3.67. The van der Waals surface area contributed by atoms with Crippen molar-refractivity contribution in [2.24, 2.45) is 15.9 Å². The van der Waals surface area contributed by atoms with Gasteiger partial charge in [0.05, 0.1) is 10.7 Å². The van der Waals surface area contributed by atoms with Crippen molar-refractivity contribution >= 4 is 17.6 Å². The zero-order chi connectivity index (χ0) is 18.6. The van der Waals surface area contributed by atoms with Crippen LogP contribution in [-0.2, 0) is 6.42 Å². The molecular formula is C21H22ClN3O2. The lowest BCUT2D eigenvalue weighted by molar-refractivity contribution is 0.155. The van der Waals surface area contributed by atoms with Crippen LogP contribution in [-0.4, -0.2) is 37.2 Å². The van der Waals surface area contributed by atoms with Crippen molar-refractivity contribution in [3.05, 3.63) is 63.8 Å². The number of fused-ring (bicyclic) bond motifs is 1. The molecule has 1 saturated heterocycles. The molecule has 0 aromatic heterocycles. The second-order valence-corrected chi connectivity index (χ2v) is 7.56. The first-order valence-electron chi connectivity index (χ1n) is 9.37. The van der Waals surface area contributed by atoms with Crippen molar-refractivity contribution in [1.29, 1.82) is 0 Å². The largest absolute Gasteiger partial charge is 0.492 e. The molecule has 6 heteroatoms. The summed E-state index contributed by atoms with van der Waals surface area (Å²) in [5.74, 6) is 1.47. The number of amides is 2. The summed E-state index contributed by atoms with van der Waals surface area (Å²) in [6, 6.07) is 13.2. The summed E-state index contributed by atoms with van der Waals surface area (Å²) in [6.07, 6.45) is 3.55. The molecule has 2 aliphatic rings. The monoisotopic (exact) mass is 383 g/mol. The van der Waals surface area contributed by atoms with Crippen LogP contribution in [0, 0.1) is 5.92 Å². The van der Waals surface area contributed by atoms with E-state index in [1.807, 2.05) is 18.2 Å². The molecule has 0 aliphatic carbocycles. The highest BCUT2D eigenvalue weighted by atomic mass is 35.5. The zero-order valence-corrected chi connectivity index (χ0v) is 15.9. The quantitative estimate of drug-likeness (QED) is 0.770. The highest BCUT2D eigenvalue weighted by Crippen LogP contribution is 2.22. The number of ether oxygens (including phenoxy) is 1. The van der Waals surface area contributed by atoms with Gasteiger partial charge in [-0.25, -0.2) is 4.79 Å². The molecular weight excluding hydrogens is 362 g/mol. The van der Waals surface area contributed by atoms with Gasteiger partial charge in [-0.3, -0.25) is 4.90 Å². The summed E-state index contributed by atoms with van der Waals surface area (Å²) in [4.78, 5) is 21.3. The number of hydrogen-bond donors (Lipinski definition) is 0. The third-order valence-corrected chi connectivity index (χ3v) is 5.45. The van der Waals surface area contributed by atoms with Gasteiger partial charge in [0, 0.05) is 17.6 Å². The number of likely N-dealkylation sites (tertiary alicyclic amines) is 1. The molecule has 140 valence electrons. The van der Waals surface area contributed by atoms with Crippen LogP contribution >= 0.6 is 11.6 Å². The summed E-state index contributed by atoms with van der Waals surface area (Å²) in [6.45, 7) is 3.75. The minimum absolute atomic E-state index is 0.441. The number of halogens is 1. The smallest absolute Gasteiger partial charge is 0.368 e. The highest BCUT2D eigenvalue weighted by molar-refractivity contribution is 6.30. The van der Waals surface area contributed by atoms with E-state index in [0.29, 0.717) is 17.3 Å². The molecule has 0 unspecified atom stereocenters. The van der Waals surface area contributed by atoms with E-state index in [1.165, 1.54) is 18.4 Å². The summed E-state index contributed by atoms with van der Waals surface area (Å²) < 4.78 is 5.84. The van der Waals surface area contributed by atoms with Crippen molar-refractivity contribution in [1.82, 2.24) is 4.90 Å². The molecule has 0 spiro atoms. The lowest BCUT2D eigenvalue weighted by Gasteiger charge is -2.31. The fraction of sp³-hybridized carbons (Fsp3) is 0.381. The molecule has 5 nitrogen and oxygen atoms in total. The van der Waals surface area contributed by atoms with Gasteiger partial charge in [-0.15, -0.1) is 0 Å². The average molecular weight is 384 g/mol. The van der Waals surface area contributed by atoms with Gasteiger partial charge in [0.15, 0.2) is 0 Å². The van der Waals surface area contributed by atoms with E-state index >= 15 is 0 Å². The maximum Gasteiger partial charge on any atom is 0.368 e. The summed E-state index contributed by atoms with van der Waals surface area (Å²) in [5.41, 5.74) is 1.37. The minimum atomic E-state index is -0.441. The number of rotatable bonds is 6. The molecule has 4 rings (SSSR count). The molecule has 27 heavy (non-hydrogen) atoms. The summed E-state index contributed by atoms with van der Waals surface area (Å²) in [5, 5.41) is 2.02. The predicted octanol–water partition coefficient (Wildman–Crippen LogP) is 3.05. The molecule has 2 heterocycles. The van der Waals surface area contributed by atoms with E-state index in [-0.39, 0.29) is 0 Å². The predicted molar refractivity (Wildman–Crippen MR) is 104 cm³/mol. The Labute approximate surface area is 163 Å². The molecule has 0 radical (unpaired) electrons. The van der Waals surface area contributed by atoms with E-state index in [2.05, 4.69) is 27.0 Å². The molecule has 2 aromatic rings. The number of carbonyl (C=O) groups excluding carboxylic acids is 1. The van der Waals surface area contributed by atoms with E-state index in [9.17, 15) is 4.79 Å². The summed E-state index contributed by atoms with van der Waals surface area (Å²) >= 11 is 5.96. The Morgan fingerprint density at radius 2 is 1.78 bits per heavy atom. The standard InChI is InChI=1S/C21H22ClN3O2/c22-17-3-1-15(2-4-17)13-16-7-9-25(10-8-16)11-12-27-18-5-6-19-20(14-18)24-21(26)23-19/h1-6,14,16H,7-13H2. The van der Waals surface area contributed by atoms with Crippen molar-refractivity contribution < 1.29 is 9.53 Å². The zero-order valence-electron chi connectivity index (χ0n) is 15.1. The third kappa shape index (κ3) is 4.73. The Morgan fingerprint density at radius 1 is 1.04 bits per heavy atom. The number of carbonyl (C=O) groups is 1.